The summed E-state index contributed by atoms with van der Waals surface area (Å²) in [5.41, 5.74) is 1.81. The number of benzene rings is 2. The Balaban J connectivity index is 1.71. The molecule has 0 aliphatic heterocycles. The monoisotopic (exact) mass is 344 g/mol. The number of halogens is 2. The first-order valence-corrected chi connectivity index (χ1v) is 7.78. The molecule has 0 spiro atoms. The molecule has 3 aromatic rings. The van der Waals surface area contributed by atoms with Crippen molar-refractivity contribution in [1.29, 1.82) is 0 Å². The van der Waals surface area contributed by atoms with E-state index in [9.17, 15) is 8.78 Å². The molecule has 2 aromatic carbocycles. The van der Waals surface area contributed by atoms with Crippen LogP contribution in [0, 0.1) is 11.6 Å². The van der Waals surface area contributed by atoms with Crippen LogP contribution in [0.1, 0.15) is 24.1 Å². The smallest absolute Gasteiger partial charge is 0.149 e. The second kappa shape index (κ2) is 7.40. The fraction of sp³-hybridized carbons (Fsp3) is 0.222. The molecular formula is C18H18F2N4O. The highest BCUT2D eigenvalue weighted by molar-refractivity contribution is 5.37. The Labute approximate surface area is 144 Å². The highest BCUT2D eigenvalue weighted by atomic mass is 19.1. The molecule has 0 aliphatic carbocycles. The molecule has 1 heterocycles. The zero-order chi connectivity index (χ0) is 17.8. The molecule has 130 valence electrons. The van der Waals surface area contributed by atoms with Gasteiger partial charge in [-0.15, -0.1) is 0 Å². The van der Waals surface area contributed by atoms with Crippen LogP contribution in [0.3, 0.4) is 0 Å². The van der Waals surface area contributed by atoms with Crippen molar-refractivity contribution in [2.24, 2.45) is 0 Å². The summed E-state index contributed by atoms with van der Waals surface area (Å²) in [7, 11) is 1.54. The molecule has 0 aliphatic rings. The molecule has 25 heavy (non-hydrogen) atoms. The van der Waals surface area contributed by atoms with Gasteiger partial charge in [-0.05, 0) is 42.8 Å². The van der Waals surface area contributed by atoms with Gasteiger partial charge in [0.15, 0.2) is 0 Å². The fourth-order valence-corrected chi connectivity index (χ4v) is 2.60. The predicted octanol–water partition coefficient (Wildman–Crippen LogP) is 3.40. The molecule has 0 saturated carbocycles. The maximum atomic E-state index is 14.2. The van der Waals surface area contributed by atoms with E-state index in [1.807, 2.05) is 13.0 Å². The van der Waals surface area contributed by atoms with Crippen LogP contribution < -0.4 is 10.1 Å². The average molecular weight is 344 g/mol. The van der Waals surface area contributed by atoms with Crippen LogP contribution in [0.4, 0.5) is 8.78 Å². The summed E-state index contributed by atoms with van der Waals surface area (Å²) in [6, 6.07) is 9.12. The van der Waals surface area contributed by atoms with Crippen molar-refractivity contribution in [2.45, 2.75) is 19.5 Å². The SMILES string of the molecule is COc1ccc(F)cc1[C@@H](C)NCc1ccc(-n2cncn2)c(F)c1. The summed E-state index contributed by atoms with van der Waals surface area (Å²) < 4.78 is 34.4. The van der Waals surface area contributed by atoms with Crippen LogP contribution in [0.5, 0.6) is 5.75 Å². The van der Waals surface area contributed by atoms with Gasteiger partial charge < -0.3 is 10.1 Å². The molecule has 7 heteroatoms. The molecule has 0 bridgehead atoms. The Morgan fingerprint density at radius 3 is 2.72 bits per heavy atom. The molecule has 5 nitrogen and oxygen atoms in total. The van der Waals surface area contributed by atoms with Gasteiger partial charge in [0, 0.05) is 18.2 Å². The number of hydrogen-bond acceptors (Lipinski definition) is 4. The van der Waals surface area contributed by atoms with Crippen molar-refractivity contribution in [3.63, 3.8) is 0 Å². The topological polar surface area (TPSA) is 52.0 Å². The molecular weight excluding hydrogens is 326 g/mol. The largest absolute Gasteiger partial charge is 0.496 e. The minimum Gasteiger partial charge on any atom is -0.496 e. The van der Waals surface area contributed by atoms with Gasteiger partial charge >= 0.3 is 0 Å². The van der Waals surface area contributed by atoms with E-state index in [4.69, 9.17) is 4.74 Å². The van der Waals surface area contributed by atoms with E-state index in [1.54, 1.807) is 19.2 Å². The Hall–Kier alpha value is -2.80. The van der Waals surface area contributed by atoms with E-state index in [0.29, 0.717) is 23.5 Å². The summed E-state index contributed by atoms with van der Waals surface area (Å²) in [5, 5.41) is 7.17. The third-order valence-corrected chi connectivity index (χ3v) is 3.95. The van der Waals surface area contributed by atoms with E-state index in [0.717, 1.165) is 5.56 Å². The lowest BCUT2D eigenvalue weighted by atomic mass is 10.1. The van der Waals surface area contributed by atoms with Crippen LogP contribution in [0.2, 0.25) is 0 Å². The fourth-order valence-electron chi connectivity index (χ4n) is 2.60. The van der Waals surface area contributed by atoms with E-state index in [2.05, 4.69) is 15.4 Å². The molecule has 0 unspecified atom stereocenters. The van der Waals surface area contributed by atoms with Gasteiger partial charge in [-0.1, -0.05) is 6.07 Å². The zero-order valence-electron chi connectivity index (χ0n) is 13.9. The van der Waals surface area contributed by atoms with E-state index in [1.165, 1.54) is 35.5 Å². The van der Waals surface area contributed by atoms with Gasteiger partial charge in [-0.3, -0.25) is 0 Å². The summed E-state index contributed by atoms with van der Waals surface area (Å²) in [5.74, 6) is -0.109. The predicted molar refractivity (Wildman–Crippen MR) is 89.5 cm³/mol. The molecule has 1 N–H and O–H groups in total. The third-order valence-electron chi connectivity index (χ3n) is 3.95. The van der Waals surface area contributed by atoms with Crippen molar-refractivity contribution >= 4 is 0 Å². The standard InChI is InChI=1S/C18H18F2N4O/c1-12(15-8-14(19)4-6-18(15)25-2)22-9-13-3-5-17(16(20)7-13)24-11-21-10-23-24/h3-8,10-12,22H,9H2,1-2H3/t12-/m1/s1. The Kier molecular flexibility index (Phi) is 5.04. The Morgan fingerprint density at radius 1 is 1.20 bits per heavy atom. The maximum Gasteiger partial charge on any atom is 0.149 e. The maximum absolute atomic E-state index is 14.2. The number of nitrogens with one attached hydrogen (secondary N) is 1. The lowest BCUT2D eigenvalue weighted by molar-refractivity contribution is 0.399. The molecule has 3 rings (SSSR count). The van der Waals surface area contributed by atoms with Gasteiger partial charge in [-0.2, -0.15) is 5.10 Å². The van der Waals surface area contributed by atoms with Crippen LogP contribution in [0.25, 0.3) is 5.69 Å². The van der Waals surface area contributed by atoms with E-state index < -0.39 is 0 Å². The number of aromatic nitrogens is 3. The first-order valence-electron chi connectivity index (χ1n) is 7.78. The summed E-state index contributed by atoms with van der Waals surface area (Å²) in [4.78, 5) is 3.81. The van der Waals surface area contributed by atoms with Crippen molar-refractivity contribution < 1.29 is 13.5 Å². The van der Waals surface area contributed by atoms with Crippen molar-refractivity contribution in [2.75, 3.05) is 7.11 Å². The molecule has 1 atom stereocenters. The normalized spacial score (nSPS) is 12.2. The van der Waals surface area contributed by atoms with Crippen molar-refractivity contribution in [1.82, 2.24) is 20.1 Å². The van der Waals surface area contributed by atoms with E-state index >= 15 is 0 Å². The highest BCUT2D eigenvalue weighted by Crippen LogP contribution is 2.26. The number of ether oxygens (including phenoxy) is 1. The summed E-state index contributed by atoms with van der Waals surface area (Å²) in [6.07, 6.45) is 2.79. The van der Waals surface area contributed by atoms with Crippen molar-refractivity contribution in [3.8, 4) is 11.4 Å². The average Bonchev–Trinajstić information content (AvgIpc) is 3.14. The lowest BCUT2D eigenvalue weighted by Crippen LogP contribution is -2.19. The van der Waals surface area contributed by atoms with Crippen LogP contribution in [-0.4, -0.2) is 21.9 Å². The first-order chi connectivity index (χ1) is 12.1. The number of hydrogen-bond donors (Lipinski definition) is 1. The minimum atomic E-state index is -0.388. The minimum absolute atomic E-state index is 0.163. The second-order valence-corrected chi connectivity index (χ2v) is 5.61. The first kappa shape index (κ1) is 17.0. The third kappa shape index (κ3) is 3.83. The van der Waals surface area contributed by atoms with Crippen LogP contribution >= 0.6 is 0 Å². The zero-order valence-corrected chi connectivity index (χ0v) is 13.9. The Morgan fingerprint density at radius 2 is 2.04 bits per heavy atom. The number of nitrogens with zero attached hydrogens (tertiary/aromatic N) is 3. The lowest BCUT2D eigenvalue weighted by Gasteiger charge is -2.17. The number of rotatable bonds is 6. The highest BCUT2D eigenvalue weighted by Gasteiger charge is 2.13. The quantitative estimate of drug-likeness (QED) is 0.745. The molecule has 0 fully saturated rings. The van der Waals surface area contributed by atoms with Crippen molar-refractivity contribution in [3.05, 3.63) is 71.8 Å². The van der Waals surface area contributed by atoms with Gasteiger partial charge in [0.1, 0.15) is 35.7 Å². The summed E-state index contributed by atoms with van der Waals surface area (Å²) in [6.45, 7) is 2.33. The molecule has 0 saturated heterocycles. The molecule has 1 aromatic heterocycles. The van der Waals surface area contributed by atoms with Crippen LogP contribution in [-0.2, 0) is 6.54 Å². The van der Waals surface area contributed by atoms with Gasteiger partial charge in [0.05, 0.1) is 7.11 Å². The van der Waals surface area contributed by atoms with Gasteiger partial charge in [0.25, 0.3) is 0 Å². The van der Waals surface area contributed by atoms with Gasteiger partial charge in [0.2, 0.25) is 0 Å². The second-order valence-electron chi connectivity index (χ2n) is 5.61. The molecule has 0 amide bonds. The Bertz CT molecular complexity index is 852. The van der Waals surface area contributed by atoms with Crippen LogP contribution in [0.15, 0.2) is 49.1 Å². The van der Waals surface area contributed by atoms with E-state index in [-0.39, 0.29) is 17.7 Å². The van der Waals surface area contributed by atoms with Gasteiger partial charge in [-0.25, -0.2) is 18.4 Å². The summed E-state index contributed by atoms with van der Waals surface area (Å²) >= 11 is 0. The molecule has 0 radical (unpaired) electrons. The number of methoxy groups -OCH3 is 1.